The summed E-state index contributed by atoms with van der Waals surface area (Å²) in [6.45, 7) is 3.98. The molecule has 0 aromatic carbocycles. The number of carbonyl (C=O) groups excluding carboxylic acids is 1. The van der Waals surface area contributed by atoms with Gasteiger partial charge < -0.3 is 5.32 Å². The Morgan fingerprint density at radius 1 is 1.32 bits per heavy atom. The Morgan fingerprint density at radius 2 is 1.95 bits per heavy atom. The van der Waals surface area contributed by atoms with E-state index < -0.39 is 17.5 Å². The third-order valence-electron chi connectivity index (χ3n) is 2.90. The zero-order chi connectivity index (χ0) is 14.7. The molecule has 19 heavy (non-hydrogen) atoms. The largest absolute Gasteiger partial charge is 0.393 e. The lowest BCUT2D eigenvalue weighted by Crippen LogP contribution is -2.33. The number of hydrogen-bond acceptors (Lipinski definition) is 4. The highest BCUT2D eigenvalue weighted by Gasteiger charge is 2.46. The molecule has 0 aliphatic heterocycles. The molecule has 0 bridgehead atoms. The Kier molecular flexibility index (Phi) is 4.54. The summed E-state index contributed by atoms with van der Waals surface area (Å²) >= 11 is 0. The van der Waals surface area contributed by atoms with E-state index in [1.54, 1.807) is 6.92 Å². The van der Waals surface area contributed by atoms with Crippen molar-refractivity contribution in [1.29, 1.82) is 0 Å². The molecule has 0 aliphatic carbocycles. The molecule has 5 nitrogen and oxygen atoms in total. The Labute approximate surface area is 108 Å². The summed E-state index contributed by atoms with van der Waals surface area (Å²) in [5.74, 6) is -0.497. The summed E-state index contributed by atoms with van der Waals surface area (Å²) < 4.78 is 42.1. The van der Waals surface area contributed by atoms with Crippen LogP contribution in [-0.2, 0) is 0 Å². The van der Waals surface area contributed by atoms with E-state index in [1.165, 1.54) is 0 Å². The summed E-state index contributed by atoms with van der Waals surface area (Å²) in [5, 5.41) is 9.33. The van der Waals surface area contributed by atoms with Gasteiger partial charge in [0.1, 0.15) is 5.69 Å². The van der Waals surface area contributed by atoms with Crippen molar-refractivity contribution in [2.45, 2.75) is 39.8 Å². The van der Waals surface area contributed by atoms with Crippen LogP contribution in [0.25, 0.3) is 0 Å². The molecule has 1 aromatic heterocycles. The van der Waals surface area contributed by atoms with Crippen LogP contribution in [0.4, 0.5) is 13.2 Å². The summed E-state index contributed by atoms with van der Waals surface area (Å²) in [6, 6.07) is 0. The molecule has 0 saturated carbocycles. The number of aromatic nitrogens is 2. The standard InChI is InChI=1S/C11H16F3N3O2/c1-7-8(17-19-16-7)9(18)15-6-4-5-10(2,3)11(12,13)14/h4-6H2,1-3H3,(H,15,18). The normalized spacial score (nSPS) is 12.5. The second kappa shape index (κ2) is 5.58. The average molecular weight is 279 g/mol. The minimum absolute atomic E-state index is 0.0510. The molecule has 1 N–H and O–H groups in total. The highest BCUT2D eigenvalue weighted by atomic mass is 19.4. The van der Waals surface area contributed by atoms with Gasteiger partial charge in [-0.3, -0.25) is 4.79 Å². The third kappa shape index (κ3) is 3.93. The molecule has 1 heterocycles. The lowest BCUT2D eigenvalue weighted by Gasteiger charge is -2.27. The van der Waals surface area contributed by atoms with Crippen molar-refractivity contribution in [3.8, 4) is 0 Å². The Bertz CT molecular complexity index is 441. The van der Waals surface area contributed by atoms with E-state index >= 15 is 0 Å². The number of hydrogen-bond donors (Lipinski definition) is 1. The van der Waals surface area contributed by atoms with E-state index in [1.807, 2.05) is 0 Å². The van der Waals surface area contributed by atoms with Crippen LogP contribution in [0.15, 0.2) is 4.63 Å². The minimum Gasteiger partial charge on any atom is -0.351 e. The molecule has 8 heteroatoms. The molecule has 0 aliphatic rings. The molecule has 0 fully saturated rings. The summed E-state index contributed by atoms with van der Waals surface area (Å²) in [7, 11) is 0. The monoisotopic (exact) mass is 279 g/mol. The highest BCUT2D eigenvalue weighted by Crippen LogP contribution is 2.40. The van der Waals surface area contributed by atoms with Crippen molar-refractivity contribution in [3.63, 3.8) is 0 Å². The molecular weight excluding hydrogens is 263 g/mol. The maximum Gasteiger partial charge on any atom is 0.393 e. The molecule has 0 atom stereocenters. The van der Waals surface area contributed by atoms with E-state index in [9.17, 15) is 18.0 Å². The van der Waals surface area contributed by atoms with Gasteiger partial charge in [-0.2, -0.15) is 13.2 Å². The molecule has 0 spiro atoms. The molecule has 1 aromatic rings. The first-order valence-electron chi connectivity index (χ1n) is 5.79. The van der Waals surface area contributed by atoms with Gasteiger partial charge in [-0.15, -0.1) is 0 Å². The second-order valence-electron chi connectivity index (χ2n) is 4.94. The van der Waals surface area contributed by atoms with Gasteiger partial charge in [0.15, 0.2) is 5.69 Å². The number of nitrogens with one attached hydrogen (secondary N) is 1. The Hall–Kier alpha value is -1.60. The van der Waals surface area contributed by atoms with E-state index in [4.69, 9.17) is 0 Å². The molecule has 0 radical (unpaired) electrons. The topological polar surface area (TPSA) is 68.0 Å². The van der Waals surface area contributed by atoms with Gasteiger partial charge in [0.05, 0.1) is 5.41 Å². The van der Waals surface area contributed by atoms with Crippen LogP contribution < -0.4 is 5.32 Å². The van der Waals surface area contributed by atoms with Crippen molar-refractivity contribution in [2.24, 2.45) is 5.41 Å². The van der Waals surface area contributed by atoms with Crippen LogP contribution in [0.5, 0.6) is 0 Å². The van der Waals surface area contributed by atoms with Crippen LogP contribution in [0.2, 0.25) is 0 Å². The van der Waals surface area contributed by atoms with Crippen molar-refractivity contribution in [1.82, 2.24) is 15.6 Å². The summed E-state index contributed by atoms with van der Waals surface area (Å²) in [6.07, 6.45) is -4.08. The van der Waals surface area contributed by atoms with Crippen LogP contribution in [0.1, 0.15) is 42.9 Å². The number of amides is 1. The van der Waals surface area contributed by atoms with Gasteiger partial charge in [0.25, 0.3) is 5.91 Å². The predicted octanol–water partition coefficient (Wildman–Crippen LogP) is 2.48. The highest BCUT2D eigenvalue weighted by molar-refractivity contribution is 5.92. The lowest BCUT2D eigenvalue weighted by atomic mass is 9.87. The maximum absolute atomic E-state index is 12.6. The number of aryl methyl sites for hydroxylation is 1. The predicted molar refractivity (Wildman–Crippen MR) is 60.4 cm³/mol. The maximum atomic E-state index is 12.6. The van der Waals surface area contributed by atoms with Crippen LogP contribution in [0.3, 0.4) is 0 Å². The summed E-state index contributed by atoms with van der Waals surface area (Å²) in [4.78, 5) is 11.6. The zero-order valence-corrected chi connectivity index (χ0v) is 11.0. The van der Waals surface area contributed by atoms with Crippen LogP contribution in [0, 0.1) is 12.3 Å². The second-order valence-corrected chi connectivity index (χ2v) is 4.94. The molecule has 108 valence electrons. The molecule has 1 rings (SSSR count). The minimum atomic E-state index is -4.25. The smallest absolute Gasteiger partial charge is 0.351 e. The van der Waals surface area contributed by atoms with E-state index in [0.29, 0.717) is 5.69 Å². The van der Waals surface area contributed by atoms with Gasteiger partial charge in [0, 0.05) is 6.54 Å². The van der Waals surface area contributed by atoms with Crippen molar-refractivity contribution < 1.29 is 22.6 Å². The lowest BCUT2D eigenvalue weighted by molar-refractivity contribution is -0.213. The number of rotatable bonds is 5. The van der Waals surface area contributed by atoms with Crippen LogP contribution >= 0.6 is 0 Å². The van der Waals surface area contributed by atoms with E-state index in [-0.39, 0.29) is 25.1 Å². The first-order chi connectivity index (χ1) is 8.65. The average Bonchev–Trinajstić information content (AvgIpc) is 2.69. The molecule has 0 saturated heterocycles. The molecule has 0 unspecified atom stereocenters. The van der Waals surface area contributed by atoms with Crippen LogP contribution in [-0.4, -0.2) is 28.9 Å². The van der Waals surface area contributed by atoms with Crippen molar-refractivity contribution in [3.05, 3.63) is 11.4 Å². The first kappa shape index (κ1) is 15.5. The Balaban J connectivity index is 2.36. The number of nitrogens with zero attached hydrogens (tertiary/aromatic N) is 2. The van der Waals surface area contributed by atoms with Crippen molar-refractivity contribution >= 4 is 5.91 Å². The fourth-order valence-corrected chi connectivity index (χ4v) is 1.40. The SMILES string of the molecule is Cc1nonc1C(=O)NCCCC(C)(C)C(F)(F)F. The first-order valence-corrected chi connectivity index (χ1v) is 5.79. The number of carbonyl (C=O) groups is 1. The quantitative estimate of drug-likeness (QED) is 0.841. The number of halogens is 3. The summed E-state index contributed by atoms with van der Waals surface area (Å²) in [5.41, 5.74) is -1.37. The fourth-order valence-electron chi connectivity index (χ4n) is 1.40. The van der Waals surface area contributed by atoms with E-state index in [2.05, 4.69) is 20.3 Å². The third-order valence-corrected chi connectivity index (χ3v) is 2.90. The molecule has 1 amide bonds. The number of alkyl halides is 3. The zero-order valence-electron chi connectivity index (χ0n) is 11.0. The van der Waals surface area contributed by atoms with Gasteiger partial charge in [-0.25, -0.2) is 4.63 Å². The van der Waals surface area contributed by atoms with Gasteiger partial charge in [-0.05, 0) is 24.9 Å². The van der Waals surface area contributed by atoms with Gasteiger partial charge in [-0.1, -0.05) is 19.0 Å². The Morgan fingerprint density at radius 3 is 2.42 bits per heavy atom. The molecular formula is C11H16F3N3O2. The fraction of sp³-hybridized carbons (Fsp3) is 0.727. The van der Waals surface area contributed by atoms with E-state index in [0.717, 1.165) is 13.8 Å². The van der Waals surface area contributed by atoms with Gasteiger partial charge >= 0.3 is 6.18 Å². The van der Waals surface area contributed by atoms with Crippen molar-refractivity contribution in [2.75, 3.05) is 6.54 Å². The van der Waals surface area contributed by atoms with Gasteiger partial charge in [0.2, 0.25) is 0 Å².